The number of rotatable bonds is 5. The minimum Gasteiger partial charge on any atom is -0.364 e. The zero-order valence-electron chi connectivity index (χ0n) is 13.5. The molecule has 0 saturated carbocycles. The Kier molecular flexibility index (Phi) is 4.69. The van der Waals surface area contributed by atoms with Crippen molar-refractivity contribution in [3.63, 3.8) is 0 Å². The zero-order chi connectivity index (χ0) is 17.9. The Morgan fingerprint density at radius 3 is 2.73 bits per heavy atom. The Balaban J connectivity index is 1.67. The third kappa shape index (κ3) is 3.61. The average Bonchev–Trinajstić information content (AvgIpc) is 3.16. The molecule has 0 bridgehead atoms. The highest BCUT2D eigenvalue weighted by Crippen LogP contribution is 2.26. The summed E-state index contributed by atoms with van der Waals surface area (Å²) < 4.78 is 13.3. The summed E-state index contributed by atoms with van der Waals surface area (Å²) in [6.45, 7) is 0.681. The van der Waals surface area contributed by atoms with E-state index in [4.69, 9.17) is 11.6 Å². The lowest BCUT2D eigenvalue weighted by molar-refractivity contribution is 0.628. The topological polar surface area (TPSA) is 49.8 Å². The van der Waals surface area contributed by atoms with Gasteiger partial charge < -0.3 is 10.6 Å². The largest absolute Gasteiger partial charge is 0.364 e. The first-order valence-electron chi connectivity index (χ1n) is 7.94. The highest BCUT2D eigenvalue weighted by Gasteiger charge is 2.09. The molecule has 0 aliphatic carbocycles. The monoisotopic (exact) mass is 384 g/mol. The third-order valence-electron chi connectivity index (χ3n) is 3.79. The van der Waals surface area contributed by atoms with E-state index in [1.165, 1.54) is 17.0 Å². The number of fused-ring (bicyclic) bond motifs is 1. The van der Waals surface area contributed by atoms with Gasteiger partial charge in [-0.15, -0.1) is 11.3 Å². The number of aromatic nitrogens is 2. The Labute approximate surface area is 158 Å². The van der Waals surface area contributed by atoms with Crippen LogP contribution in [0.4, 0.5) is 21.8 Å². The molecule has 2 heterocycles. The maximum Gasteiger partial charge on any atom is 0.229 e. The maximum atomic E-state index is 13.3. The van der Waals surface area contributed by atoms with Gasteiger partial charge in [0, 0.05) is 16.0 Å². The first-order valence-corrected chi connectivity index (χ1v) is 9.20. The fraction of sp³-hybridized carbons (Fsp3) is 0.0526. The van der Waals surface area contributed by atoms with Gasteiger partial charge in [0.05, 0.1) is 17.1 Å². The van der Waals surface area contributed by atoms with Crippen LogP contribution in [-0.4, -0.2) is 9.97 Å². The number of hydrogen-bond donors (Lipinski definition) is 2. The summed E-state index contributed by atoms with van der Waals surface area (Å²) in [5, 5.41) is 9.48. The van der Waals surface area contributed by atoms with Gasteiger partial charge in [-0.05, 0) is 41.8 Å². The molecular weight excluding hydrogens is 371 g/mol. The lowest BCUT2D eigenvalue weighted by atomic mass is 10.2. The number of nitrogens with one attached hydrogen (secondary N) is 2. The van der Waals surface area contributed by atoms with Gasteiger partial charge in [0.1, 0.15) is 11.6 Å². The van der Waals surface area contributed by atoms with E-state index in [-0.39, 0.29) is 5.02 Å². The molecule has 0 aliphatic heterocycles. The molecule has 0 fully saturated rings. The molecule has 0 saturated heterocycles. The van der Waals surface area contributed by atoms with Crippen LogP contribution in [0.25, 0.3) is 10.9 Å². The maximum absolute atomic E-state index is 13.3. The second kappa shape index (κ2) is 7.27. The Bertz CT molecular complexity index is 1050. The molecule has 2 N–H and O–H groups in total. The van der Waals surface area contributed by atoms with Crippen molar-refractivity contribution < 1.29 is 4.39 Å². The predicted molar refractivity (Wildman–Crippen MR) is 106 cm³/mol. The van der Waals surface area contributed by atoms with Gasteiger partial charge in [-0.2, -0.15) is 4.98 Å². The summed E-state index contributed by atoms with van der Waals surface area (Å²) in [4.78, 5) is 10.3. The summed E-state index contributed by atoms with van der Waals surface area (Å²) >= 11 is 7.53. The standard InChI is InChI=1S/C19H14ClFN4S/c20-15-10-12(7-8-16(15)21)23-19-24-17-6-2-1-5-14(17)18(25-19)22-11-13-4-3-9-26-13/h1-10H,11H2,(H2,22,23,24,25). The van der Waals surface area contributed by atoms with Crippen LogP contribution in [0.5, 0.6) is 0 Å². The normalized spacial score (nSPS) is 10.8. The van der Waals surface area contributed by atoms with E-state index in [0.29, 0.717) is 18.2 Å². The van der Waals surface area contributed by atoms with Gasteiger partial charge in [-0.1, -0.05) is 29.8 Å². The molecule has 26 heavy (non-hydrogen) atoms. The van der Waals surface area contributed by atoms with Crippen LogP contribution in [-0.2, 0) is 6.54 Å². The molecule has 7 heteroatoms. The average molecular weight is 385 g/mol. The fourth-order valence-electron chi connectivity index (χ4n) is 2.55. The van der Waals surface area contributed by atoms with Gasteiger partial charge >= 0.3 is 0 Å². The molecule has 2 aromatic carbocycles. The van der Waals surface area contributed by atoms with Crippen molar-refractivity contribution in [3.05, 3.63) is 75.7 Å². The minimum absolute atomic E-state index is 0.0480. The molecular formula is C19H14ClFN4S. The number of hydrogen-bond acceptors (Lipinski definition) is 5. The van der Waals surface area contributed by atoms with Crippen molar-refractivity contribution in [2.45, 2.75) is 6.54 Å². The van der Waals surface area contributed by atoms with Crippen LogP contribution in [0.15, 0.2) is 60.0 Å². The molecule has 4 rings (SSSR count). The summed E-state index contributed by atoms with van der Waals surface area (Å²) in [6, 6.07) is 16.3. The van der Waals surface area contributed by atoms with Gasteiger partial charge in [0.2, 0.25) is 5.95 Å². The highest BCUT2D eigenvalue weighted by atomic mass is 35.5. The van der Waals surface area contributed by atoms with Gasteiger partial charge in [-0.25, -0.2) is 9.37 Å². The van der Waals surface area contributed by atoms with Crippen LogP contribution in [0.2, 0.25) is 5.02 Å². The van der Waals surface area contributed by atoms with E-state index in [1.54, 1.807) is 17.4 Å². The molecule has 0 radical (unpaired) electrons. The molecule has 0 atom stereocenters. The van der Waals surface area contributed by atoms with E-state index in [1.807, 2.05) is 35.7 Å². The number of anilines is 3. The van der Waals surface area contributed by atoms with Crippen LogP contribution in [0.1, 0.15) is 4.88 Å². The van der Waals surface area contributed by atoms with E-state index in [0.717, 1.165) is 16.7 Å². The van der Waals surface area contributed by atoms with E-state index >= 15 is 0 Å². The number of nitrogens with zero attached hydrogens (tertiary/aromatic N) is 2. The molecule has 0 amide bonds. The molecule has 4 nitrogen and oxygen atoms in total. The molecule has 130 valence electrons. The minimum atomic E-state index is -0.463. The fourth-order valence-corrected chi connectivity index (χ4v) is 3.38. The van der Waals surface area contributed by atoms with Crippen molar-refractivity contribution in [2.24, 2.45) is 0 Å². The first kappa shape index (κ1) is 16.8. The second-order valence-electron chi connectivity index (χ2n) is 5.60. The molecule has 2 aromatic heterocycles. The highest BCUT2D eigenvalue weighted by molar-refractivity contribution is 7.09. The predicted octanol–water partition coefficient (Wildman–Crippen LogP) is 5.84. The lowest BCUT2D eigenvalue weighted by Crippen LogP contribution is -2.05. The molecule has 0 unspecified atom stereocenters. The number of halogens is 2. The number of benzene rings is 2. The zero-order valence-corrected chi connectivity index (χ0v) is 15.1. The summed E-state index contributed by atoms with van der Waals surface area (Å²) in [6.07, 6.45) is 0. The first-order chi connectivity index (χ1) is 12.7. The third-order valence-corrected chi connectivity index (χ3v) is 4.96. The quantitative estimate of drug-likeness (QED) is 0.454. The van der Waals surface area contributed by atoms with Crippen molar-refractivity contribution in [3.8, 4) is 0 Å². The Morgan fingerprint density at radius 1 is 1.04 bits per heavy atom. The van der Waals surface area contributed by atoms with Crippen molar-refractivity contribution in [2.75, 3.05) is 10.6 Å². The van der Waals surface area contributed by atoms with Gasteiger partial charge in [0.15, 0.2) is 0 Å². The van der Waals surface area contributed by atoms with Crippen molar-refractivity contribution in [1.82, 2.24) is 9.97 Å². The smallest absolute Gasteiger partial charge is 0.229 e. The van der Waals surface area contributed by atoms with Gasteiger partial charge in [0.25, 0.3) is 0 Å². The van der Waals surface area contributed by atoms with E-state index in [9.17, 15) is 4.39 Å². The number of para-hydroxylation sites is 1. The van der Waals surface area contributed by atoms with Crippen molar-refractivity contribution in [1.29, 1.82) is 0 Å². The summed E-state index contributed by atoms with van der Waals surface area (Å²) in [5.74, 6) is 0.690. The van der Waals surface area contributed by atoms with Gasteiger partial charge in [-0.3, -0.25) is 0 Å². The summed E-state index contributed by atoms with van der Waals surface area (Å²) in [7, 11) is 0. The second-order valence-corrected chi connectivity index (χ2v) is 7.04. The van der Waals surface area contributed by atoms with Crippen molar-refractivity contribution >= 4 is 51.3 Å². The van der Waals surface area contributed by atoms with Crippen LogP contribution in [0.3, 0.4) is 0 Å². The van der Waals surface area contributed by atoms with Crippen LogP contribution < -0.4 is 10.6 Å². The Hall–Kier alpha value is -2.70. The van der Waals surface area contributed by atoms with Crippen LogP contribution >= 0.6 is 22.9 Å². The molecule has 0 spiro atoms. The Morgan fingerprint density at radius 2 is 1.92 bits per heavy atom. The molecule has 4 aromatic rings. The SMILES string of the molecule is Fc1ccc(Nc2nc(NCc3cccs3)c3ccccc3n2)cc1Cl. The lowest BCUT2D eigenvalue weighted by Gasteiger charge is -2.11. The van der Waals surface area contributed by atoms with E-state index < -0.39 is 5.82 Å². The number of thiophene rings is 1. The summed E-state index contributed by atoms with van der Waals surface area (Å²) in [5.41, 5.74) is 1.43. The molecule has 0 aliphatic rings. The van der Waals surface area contributed by atoms with Crippen LogP contribution in [0, 0.1) is 5.82 Å². The van der Waals surface area contributed by atoms with E-state index in [2.05, 4.69) is 26.7 Å².